The van der Waals surface area contributed by atoms with Crippen molar-refractivity contribution in [3.63, 3.8) is 0 Å². The van der Waals surface area contributed by atoms with Crippen LogP contribution in [0.2, 0.25) is 0 Å². The Kier molecular flexibility index (Phi) is 8.91. The molecule has 0 spiro atoms. The molecule has 31 heavy (non-hydrogen) atoms. The Hall–Kier alpha value is -2.38. The molecule has 0 saturated carbocycles. The lowest BCUT2D eigenvalue weighted by atomic mass is 10.1. The van der Waals surface area contributed by atoms with Gasteiger partial charge in [-0.1, -0.05) is 18.9 Å². The highest BCUT2D eigenvalue weighted by atomic mass is 32.2. The van der Waals surface area contributed by atoms with Crippen LogP contribution in [0.3, 0.4) is 0 Å². The van der Waals surface area contributed by atoms with Gasteiger partial charge in [0.15, 0.2) is 11.5 Å². The van der Waals surface area contributed by atoms with Gasteiger partial charge in [0.1, 0.15) is 5.75 Å². The number of carbonyl (C=O) groups is 1. The van der Waals surface area contributed by atoms with Crippen LogP contribution in [0.25, 0.3) is 0 Å². The minimum atomic E-state index is -0.129. The quantitative estimate of drug-likeness (QED) is 0.572. The van der Waals surface area contributed by atoms with Gasteiger partial charge in [-0.2, -0.15) is 0 Å². The minimum Gasteiger partial charge on any atom is -0.496 e. The number of amides is 1. The summed E-state index contributed by atoms with van der Waals surface area (Å²) in [7, 11) is 4.83. The van der Waals surface area contributed by atoms with Crippen LogP contribution >= 0.6 is 11.9 Å². The van der Waals surface area contributed by atoms with Crippen molar-refractivity contribution in [2.45, 2.75) is 37.0 Å². The molecule has 0 unspecified atom stereocenters. The van der Waals surface area contributed by atoms with E-state index in [2.05, 4.69) is 9.62 Å². The molecule has 1 N–H and O–H groups in total. The van der Waals surface area contributed by atoms with E-state index >= 15 is 0 Å². The third-order valence-corrected chi connectivity index (χ3v) is 6.45. The number of ether oxygens (including phenoxy) is 3. The Bertz CT molecular complexity index is 867. The third-order valence-electron chi connectivity index (χ3n) is 5.36. The summed E-state index contributed by atoms with van der Waals surface area (Å²) in [5.41, 5.74) is 1.63. The van der Waals surface area contributed by atoms with Crippen molar-refractivity contribution >= 4 is 17.9 Å². The van der Waals surface area contributed by atoms with E-state index in [1.807, 2.05) is 36.4 Å². The van der Waals surface area contributed by atoms with Gasteiger partial charge in [-0.05, 0) is 67.1 Å². The fourth-order valence-electron chi connectivity index (χ4n) is 3.66. The minimum absolute atomic E-state index is 0.129. The number of hydrogen-bond acceptors (Lipinski definition) is 6. The Morgan fingerprint density at radius 1 is 0.903 bits per heavy atom. The SMILES string of the molecule is COc1ccc(CCNC(=O)c2cc(SN3CCCCCC3)ccc2OC)cc1OC. The molecule has 3 rings (SSSR count). The van der Waals surface area contributed by atoms with E-state index in [0.717, 1.165) is 23.5 Å². The Morgan fingerprint density at radius 2 is 1.58 bits per heavy atom. The maximum Gasteiger partial charge on any atom is 0.255 e. The number of methoxy groups -OCH3 is 3. The van der Waals surface area contributed by atoms with Gasteiger partial charge in [0.2, 0.25) is 0 Å². The lowest BCUT2D eigenvalue weighted by Gasteiger charge is -2.19. The number of rotatable bonds is 9. The average molecular weight is 445 g/mol. The highest BCUT2D eigenvalue weighted by Gasteiger charge is 2.16. The van der Waals surface area contributed by atoms with Crippen LogP contribution in [-0.4, -0.2) is 51.2 Å². The van der Waals surface area contributed by atoms with E-state index in [1.165, 1.54) is 25.7 Å². The topological polar surface area (TPSA) is 60.0 Å². The molecule has 0 aromatic heterocycles. The predicted octanol–water partition coefficient (Wildman–Crippen LogP) is 4.57. The van der Waals surface area contributed by atoms with Crippen LogP contribution in [0.1, 0.15) is 41.6 Å². The highest BCUT2D eigenvalue weighted by molar-refractivity contribution is 7.97. The summed E-state index contributed by atoms with van der Waals surface area (Å²) in [6.07, 6.45) is 5.75. The molecule has 1 saturated heterocycles. The lowest BCUT2D eigenvalue weighted by Crippen LogP contribution is -2.26. The summed E-state index contributed by atoms with van der Waals surface area (Å²) in [6.45, 7) is 2.69. The van der Waals surface area contributed by atoms with Crippen molar-refractivity contribution in [1.82, 2.24) is 9.62 Å². The van der Waals surface area contributed by atoms with Crippen LogP contribution in [0.5, 0.6) is 17.2 Å². The van der Waals surface area contributed by atoms with E-state index in [-0.39, 0.29) is 5.91 Å². The zero-order valence-corrected chi connectivity index (χ0v) is 19.4. The van der Waals surface area contributed by atoms with Gasteiger partial charge in [0, 0.05) is 24.5 Å². The fraction of sp³-hybridized carbons (Fsp3) is 0.458. The smallest absolute Gasteiger partial charge is 0.255 e. The molecule has 1 aliphatic heterocycles. The molecule has 1 aliphatic rings. The summed E-state index contributed by atoms with van der Waals surface area (Å²) in [5.74, 6) is 1.84. The highest BCUT2D eigenvalue weighted by Crippen LogP contribution is 2.30. The van der Waals surface area contributed by atoms with Crippen molar-refractivity contribution in [1.29, 1.82) is 0 Å². The summed E-state index contributed by atoms with van der Waals surface area (Å²) in [6, 6.07) is 11.6. The molecule has 0 bridgehead atoms. The van der Waals surface area contributed by atoms with Crippen LogP contribution in [0.4, 0.5) is 0 Å². The van der Waals surface area contributed by atoms with Crippen LogP contribution in [-0.2, 0) is 6.42 Å². The molecule has 6 nitrogen and oxygen atoms in total. The largest absolute Gasteiger partial charge is 0.496 e. The van der Waals surface area contributed by atoms with E-state index in [4.69, 9.17) is 14.2 Å². The van der Waals surface area contributed by atoms with Crippen molar-refractivity contribution in [3.05, 3.63) is 47.5 Å². The van der Waals surface area contributed by atoms with Crippen molar-refractivity contribution in [2.24, 2.45) is 0 Å². The molecular formula is C24H32N2O4S. The van der Waals surface area contributed by atoms with Gasteiger partial charge >= 0.3 is 0 Å². The molecule has 168 valence electrons. The van der Waals surface area contributed by atoms with E-state index in [9.17, 15) is 4.79 Å². The first kappa shape index (κ1) is 23.3. The molecule has 1 fully saturated rings. The molecule has 0 aliphatic carbocycles. The van der Waals surface area contributed by atoms with Gasteiger partial charge in [0.05, 0.1) is 26.9 Å². The second-order valence-electron chi connectivity index (χ2n) is 7.49. The second kappa shape index (κ2) is 11.9. The van der Waals surface area contributed by atoms with E-state index in [1.54, 1.807) is 33.3 Å². The maximum absolute atomic E-state index is 12.9. The Balaban J connectivity index is 1.62. The molecule has 0 atom stereocenters. The summed E-state index contributed by atoms with van der Waals surface area (Å²) < 4.78 is 18.5. The van der Waals surface area contributed by atoms with Gasteiger partial charge < -0.3 is 19.5 Å². The molecular weight excluding hydrogens is 412 g/mol. The first-order valence-electron chi connectivity index (χ1n) is 10.7. The summed E-state index contributed by atoms with van der Waals surface area (Å²) in [4.78, 5) is 13.9. The number of nitrogens with one attached hydrogen (secondary N) is 1. The van der Waals surface area contributed by atoms with E-state index < -0.39 is 0 Å². The molecule has 0 radical (unpaired) electrons. The molecule has 1 heterocycles. The van der Waals surface area contributed by atoms with Gasteiger partial charge in [-0.15, -0.1) is 0 Å². The van der Waals surface area contributed by atoms with Crippen molar-refractivity contribution < 1.29 is 19.0 Å². The molecule has 2 aromatic rings. The second-order valence-corrected chi connectivity index (χ2v) is 8.66. The number of carbonyl (C=O) groups excluding carboxylic acids is 1. The zero-order chi connectivity index (χ0) is 22.1. The van der Waals surface area contributed by atoms with Crippen LogP contribution in [0, 0.1) is 0 Å². The lowest BCUT2D eigenvalue weighted by molar-refractivity contribution is 0.0951. The summed E-state index contributed by atoms with van der Waals surface area (Å²) in [5, 5.41) is 3.02. The van der Waals surface area contributed by atoms with Gasteiger partial charge in [0.25, 0.3) is 5.91 Å². The van der Waals surface area contributed by atoms with E-state index in [0.29, 0.717) is 35.8 Å². The van der Waals surface area contributed by atoms with Gasteiger partial charge in [-0.3, -0.25) is 4.79 Å². The zero-order valence-electron chi connectivity index (χ0n) is 18.6. The molecule has 2 aromatic carbocycles. The normalized spacial score (nSPS) is 14.5. The standard InChI is InChI=1S/C24H32N2O4S/c1-28-21-11-9-19(31-26-14-6-4-5-7-15-26)17-20(21)24(27)25-13-12-18-8-10-22(29-2)23(16-18)30-3/h8-11,16-17H,4-7,12-15H2,1-3H3,(H,25,27). The first-order chi connectivity index (χ1) is 15.1. The summed E-state index contributed by atoms with van der Waals surface area (Å²) >= 11 is 1.73. The predicted molar refractivity (Wildman–Crippen MR) is 124 cm³/mol. The number of hydrogen-bond donors (Lipinski definition) is 1. The Morgan fingerprint density at radius 3 is 2.26 bits per heavy atom. The Labute approximate surface area is 189 Å². The number of benzene rings is 2. The van der Waals surface area contributed by atoms with Crippen LogP contribution < -0.4 is 19.5 Å². The molecule has 1 amide bonds. The van der Waals surface area contributed by atoms with Crippen LogP contribution in [0.15, 0.2) is 41.3 Å². The monoisotopic (exact) mass is 444 g/mol. The number of nitrogens with zero attached hydrogens (tertiary/aromatic N) is 1. The van der Waals surface area contributed by atoms with Crippen molar-refractivity contribution in [3.8, 4) is 17.2 Å². The molecule has 7 heteroatoms. The first-order valence-corrected chi connectivity index (χ1v) is 11.5. The van der Waals surface area contributed by atoms with Crippen molar-refractivity contribution in [2.75, 3.05) is 41.0 Å². The maximum atomic E-state index is 12.9. The van der Waals surface area contributed by atoms with Gasteiger partial charge in [-0.25, -0.2) is 4.31 Å². The third kappa shape index (κ3) is 6.55. The average Bonchev–Trinajstić information content (AvgIpc) is 3.07. The fourth-order valence-corrected chi connectivity index (χ4v) is 4.69.